The van der Waals surface area contributed by atoms with Gasteiger partial charge in [0.1, 0.15) is 0 Å². The van der Waals surface area contributed by atoms with Crippen molar-refractivity contribution in [2.24, 2.45) is 0 Å². The summed E-state index contributed by atoms with van der Waals surface area (Å²) in [5, 5.41) is 2.93. The van der Waals surface area contributed by atoms with Gasteiger partial charge < -0.3 is 14.8 Å². The van der Waals surface area contributed by atoms with Gasteiger partial charge in [-0.3, -0.25) is 4.79 Å². The van der Waals surface area contributed by atoms with Crippen LogP contribution in [0.3, 0.4) is 0 Å². The van der Waals surface area contributed by atoms with E-state index in [1.807, 2.05) is 49.4 Å². The molecule has 0 bridgehead atoms. The molecule has 0 aliphatic carbocycles. The van der Waals surface area contributed by atoms with Crippen molar-refractivity contribution in [3.63, 3.8) is 0 Å². The Morgan fingerprint density at radius 3 is 2.73 bits per heavy atom. The third-order valence-corrected chi connectivity index (χ3v) is 3.90. The van der Waals surface area contributed by atoms with Gasteiger partial charge in [-0.05, 0) is 36.6 Å². The molecule has 22 heavy (non-hydrogen) atoms. The van der Waals surface area contributed by atoms with Gasteiger partial charge in [0.05, 0.1) is 19.6 Å². The number of methoxy groups -OCH3 is 1. The minimum atomic E-state index is -0.193. The second-order valence-corrected chi connectivity index (χ2v) is 5.21. The lowest BCUT2D eigenvalue weighted by atomic mass is 9.92. The monoisotopic (exact) mass is 297 g/mol. The van der Waals surface area contributed by atoms with Gasteiger partial charge in [-0.1, -0.05) is 30.3 Å². The Balaban J connectivity index is 1.94. The minimum absolute atomic E-state index is 0.0325. The van der Waals surface area contributed by atoms with Gasteiger partial charge in [0.2, 0.25) is 5.91 Å². The maximum Gasteiger partial charge on any atom is 0.232 e. The first kappa shape index (κ1) is 14.4. The van der Waals surface area contributed by atoms with Gasteiger partial charge in [0, 0.05) is 5.69 Å². The van der Waals surface area contributed by atoms with Crippen LogP contribution in [0.2, 0.25) is 0 Å². The third kappa shape index (κ3) is 2.52. The fraction of sp³-hybridized carbons (Fsp3) is 0.278. The third-order valence-electron chi connectivity index (χ3n) is 3.90. The van der Waals surface area contributed by atoms with Gasteiger partial charge in [-0.25, -0.2) is 0 Å². The van der Waals surface area contributed by atoms with E-state index in [2.05, 4.69) is 5.32 Å². The summed E-state index contributed by atoms with van der Waals surface area (Å²) in [5.74, 6) is 1.27. The molecule has 1 heterocycles. The summed E-state index contributed by atoms with van der Waals surface area (Å²) in [7, 11) is 1.63. The van der Waals surface area contributed by atoms with E-state index in [9.17, 15) is 4.79 Å². The smallest absolute Gasteiger partial charge is 0.232 e. The van der Waals surface area contributed by atoms with Crippen molar-refractivity contribution in [3.05, 3.63) is 53.6 Å². The fourth-order valence-electron chi connectivity index (χ4n) is 2.92. The van der Waals surface area contributed by atoms with Crippen LogP contribution in [0.15, 0.2) is 42.5 Å². The van der Waals surface area contributed by atoms with Crippen LogP contribution >= 0.6 is 0 Å². The number of para-hydroxylation sites is 2. The number of nitrogens with one attached hydrogen (secondary N) is 1. The highest BCUT2D eigenvalue weighted by Crippen LogP contribution is 2.38. The van der Waals surface area contributed by atoms with Crippen molar-refractivity contribution >= 4 is 11.6 Å². The van der Waals surface area contributed by atoms with Gasteiger partial charge >= 0.3 is 0 Å². The van der Waals surface area contributed by atoms with Crippen molar-refractivity contribution in [2.45, 2.75) is 19.3 Å². The first-order valence-corrected chi connectivity index (χ1v) is 7.43. The number of hydrogen-bond donors (Lipinski definition) is 1. The normalized spacial score (nSPS) is 16.1. The topological polar surface area (TPSA) is 47.6 Å². The molecule has 2 aromatic carbocycles. The van der Waals surface area contributed by atoms with E-state index in [0.717, 1.165) is 16.8 Å². The quantitative estimate of drug-likeness (QED) is 0.920. The minimum Gasteiger partial charge on any atom is -0.493 e. The van der Waals surface area contributed by atoms with Crippen molar-refractivity contribution in [1.82, 2.24) is 0 Å². The van der Waals surface area contributed by atoms with E-state index < -0.39 is 0 Å². The predicted octanol–water partition coefficient (Wildman–Crippen LogP) is 3.37. The summed E-state index contributed by atoms with van der Waals surface area (Å²) in [6.07, 6.45) is 0.590. The van der Waals surface area contributed by atoms with Gasteiger partial charge in [0.25, 0.3) is 0 Å². The molecule has 0 saturated carbocycles. The summed E-state index contributed by atoms with van der Waals surface area (Å²) in [6.45, 7) is 2.51. The zero-order chi connectivity index (χ0) is 15.5. The number of rotatable bonds is 5. The maximum absolute atomic E-state index is 12.3. The fourth-order valence-corrected chi connectivity index (χ4v) is 2.92. The number of carbonyl (C=O) groups excluding carboxylic acids is 1. The molecule has 2 aromatic rings. The summed E-state index contributed by atoms with van der Waals surface area (Å²) >= 11 is 0. The van der Waals surface area contributed by atoms with Crippen molar-refractivity contribution in [3.8, 4) is 11.5 Å². The lowest BCUT2D eigenvalue weighted by Gasteiger charge is -2.15. The Kier molecular flexibility index (Phi) is 4.00. The van der Waals surface area contributed by atoms with Crippen molar-refractivity contribution in [1.29, 1.82) is 0 Å². The molecule has 0 spiro atoms. The van der Waals surface area contributed by atoms with Crippen LogP contribution in [-0.4, -0.2) is 19.6 Å². The highest BCUT2D eigenvalue weighted by atomic mass is 16.5. The molecule has 1 amide bonds. The van der Waals surface area contributed by atoms with E-state index in [-0.39, 0.29) is 11.8 Å². The number of benzene rings is 2. The summed E-state index contributed by atoms with van der Waals surface area (Å²) in [5.41, 5.74) is 2.92. The Labute approximate surface area is 130 Å². The SMILES string of the molecule is CCOc1cccc(C[C@H]2C(=O)Nc3ccccc32)c1OC. The van der Waals surface area contributed by atoms with Crippen molar-refractivity contribution < 1.29 is 14.3 Å². The average molecular weight is 297 g/mol. The zero-order valence-corrected chi connectivity index (χ0v) is 12.8. The van der Waals surface area contributed by atoms with Crippen LogP contribution in [0.25, 0.3) is 0 Å². The molecule has 1 aliphatic rings. The van der Waals surface area contributed by atoms with E-state index in [4.69, 9.17) is 9.47 Å². The van der Waals surface area contributed by atoms with E-state index in [1.54, 1.807) is 7.11 Å². The first-order chi connectivity index (χ1) is 10.7. The van der Waals surface area contributed by atoms with Crippen LogP contribution in [0.5, 0.6) is 11.5 Å². The molecule has 4 heteroatoms. The second-order valence-electron chi connectivity index (χ2n) is 5.21. The van der Waals surface area contributed by atoms with Crippen LogP contribution in [0.1, 0.15) is 24.0 Å². The number of carbonyl (C=O) groups is 1. The molecule has 114 valence electrons. The number of ether oxygens (including phenoxy) is 2. The molecule has 0 radical (unpaired) electrons. The molecule has 0 fully saturated rings. The average Bonchev–Trinajstić information content (AvgIpc) is 2.84. The second kappa shape index (κ2) is 6.10. The van der Waals surface area contributed by atoms with E-state index in [0.29, 0.717) is 24.5 Å². The molecule has 1 atom stereocenters. The van der Waals surface area contributed by atoms with Crippen LogP contribution in [0.4, 0.5) is 5.69 Å². The molecule has 4 nitrogen and oxygen atoms in total. The number of hydrogen-bond acceptors (Lipinski definition) is 3. The zero-order valence-electron chi connectivity index (χ0n) is 12.8. The Hall–Kier alpha value is -2.49. The molecule has 1 aliphatic heterocycles. The molecule has 0 saturated heterocycles. The lowest BCUT2D eigenvalue weighted by Crippen LogP contribution is -2.14. The molecule has 1 N–H and O–H groups in total. The molecular weight excluding hydrogens is 278 g/mol. The van der Waals surface area contributed by atoms with E-state index >= 15 is 0 Å². The largest absolute Gasteiger partial charge is 0.493 e. The van der Waals surface area contributed by atoms with Gasteiger partial charge in [-0.15, -0.1) is 0 Å². The van der Waals surface area contributed by atoms with Crippen LogP contribution < -0.4 is 14.8 Å². The number of anilines is 1. The molecule has 0 aromatic heterocycles. The molecular formula is C18H19NO3. The Bertz CT molecular complexity index is 696. The Morgan fingerprint density at radius 2 is 1.95 bits per heavy atom. The number of amides is 1. The number of fused-ring (bicyclic) bond motifs is 1. The summed E-state index contributed by atoms with van der Waals surface area (Å²) in [4.78, 5) is 12.3. The van der Waals surface area contributed by atoms with Gasteiger partial charge in [-0.2, -0.15) is 0 Å². The predicted molar refractivity (Wildman–Crippen MR) is 85.7 cm³/mol. The molecule has 3 rings (SSSR count). The first-order valence-electron chi connectivity index (χ1n) is 7.43. The highest BCUT2D eigenvalue weighted by Gasteiger charge is 2.31. The summed E-state index contributed by atoms with van der Waals surface area (Å²) in [6, 6.07) is 13.6. The van der Waals surface area contributed by atoms with Gasteiger partial charge in [0.15, 0.2) is 11.5 Å². The molecule has 0 unspecified atom stereocenters. The lowest BCUT2D eigenvalue weighted by molar-refractivity contribution is -0.117. The standard InChI is InChI=1S/C18H19NO3/c1-3-22-16-10-6-7-12(17(16)21-2)11-14-13-8-4-5-9-15(13)19-18(14)20/h4-10,14H,3,11H2,1-2H3,(H,19,20)/t14-/m1/s1. The maximum atomic E-state index is 12.3. The summed E-state index contributed by atoms with van der Waals surface area (Å²) < 4.78 is 11.1. The van der Waals surface area contributed by atoms with Crippen LogP contribution in [0, 0.1) is 0 Å². The Morgan fingerprint density at radius 1 is 1.14 bits per heavy atom. The highest BCUT2D eigenvalue weighted by molar-refractivity contribution is 6.03. The van der Waals surface area contributed by atoms with E-state index in [1.165, 1.54) is 0 Å². The van der Waals surface area contributed by atoms with Crippen molar-refractivity contribution in [2.75, 3.05) is 19.0 Å². The van der Waals surface area contributed by atoms with Crippen LogP contribution in [-0.2, 0) is 11.2 Å².